The number of fused-ring (bicyclic) bond motifs is 2. The molecule has 0 saturated heterocycles. The second-order valence-corrected chi connectivity index (χ2v) is 6.75. The van der Waals surface area contributed by atoms with Crippen molar-refractivity contribution in [2.45, 2.75) is 64.5 Å². The zero-order valence-corrected chi connectivity index (χ0v) is 11.3. The van der Waals surface area contributed by atoms with Crippen molar-refractivity contribution in [2.24, 2.45) is 11.8 Å². The van der Waals surface area contributed by atoms with E-state index in [1.807, 2.05) is 0 Å². The maximum atomic E-state index is 10.8. The molecular formula is C14H25NO2. The Hall–Kier alpha value is -0.570. The van der Waals surface area contributed by atoms with E-state index >= 15 is 0 Å². The molecule has 2 bridgehead atoms. The van der Waals surface area contributed by atoms with Crippen molar-refractivity contribution in [1.82, 2.24) is 4.90 Å². The van der Waals surface area contributed by atoms with Gasteiger partial charge in [0.15, 0.2) is 0 Å². The number of hydrogen-bond donors (Lipinski definition) is 1. The van der Waals surface area contributed by atoms with Crippen molar-refractivity contribution in [3.63, 3.8) is 0 Å². The van der Waals surface area contributed by atoms with Crippen LogP contribution in [0.1, 0.15) is 52.9 Å². The van der Waals surface area contributed by atoms with Gasteiger partial charge in [-0.1, -0.05) is 6.42 Å². The van der Waals surface area contributed by atoms with Crippen LogP contribution in [0.15, 0.2) is 0 Å². The first-order valence-electron chi connectivity index (χ1n) is 6.86. The van der Waals surface area contributed by atoms with E-state index < -0.39 is 5.97 Å². The highest BCUT2D eigenvalue weighted by Crippen LogP contribution is 2.47. The van der Waals surface area contributed by atoms with Crippen LogP contribution in [0.25, 0.3) is 0 Å². The number of rotatable bonds is 4. The average Bonchev–Trinajstić information content (AvgIpc) is 2.76. The number of carbonyl (C=O) groups is 1. The Labute approximate surface area is 104 Å². The summed E-state index contributed by atoms with van der Waals surface area (Å²) in [6, 6.07) is 0.632. The molecule has 17 heavy (non-hydrogen) atoms. The van der Waals surface area contributed by atoms with Gasteiger partial charge in [-0.2, -0.15) is 0 Å². The molecule has 0 aromatic carbocycles. The molecule has 3 atom stereocenters. The second kappa shape index (κ2) is 4.60. The molecule has 3 unspecified atom stereocenters. The molecule has 2 aliphatic rings. The van der Waals surface area contributed by atoms with Gasteiger partial charge in [0.1, 0.15) is 0 Å². The third-order valence-corrected chi connectivity index (χ3v) is 4.53. The predicted molar refractivity (Wildman–Crippen MR) is 67.9 cm³/mol. The van der Waals surface area contributed by atoms with E-state index in [2.05, 4.69) is 25.7 Å². The fourth-order valence-corrected chi connectivity index (χ4v) is 3.81. The molecule has 2 fully saturated rings. The van der Waals surface area contributed by atoms with Crippen LogP contribution in [0.4, 0.5) is 0 Å². The Kier molecular flexibility index (Phi) is 3.48. The van der Waals surface area contributed by atoms with Crippen molar-refractivity contribution in [3.8, 4) is 0 Å². The van der Waals surface area contributed by atoms with E-state index in [4.69, 9.17) is 5.11 Å². The first-order chi connectivity index (χ1) is 7.88. The molecule has 0 amide bonds. The summed E-state index contributed by atoms with van der Waals surface area (Å²) >= 11 is 0. The SMILES string of the molecule is CC(C)(C)N(CCC(=O)O)C1CC2CCC1C2. The van der Waals surface area contributed by atoms with Gasteiger partial charge in [-0.3, -0.25) is 9.69 Å². The zero-order valence-electron chi connectivity index (χ0n) is 11.3. The first kappa shape index (κ1) is 12.9. The molecule has 1 N–H and O–H groups in total. The summed E-state index contributed by atoms with van der Waals surface area (Å²) in [7, 11) is 0. The molecule has 0 heterocycles. The summed E-state index contributed by atoms with van der Waals surface area (Å²) in [6.45, 7) is 7.33. The molecule has 2 aliphatic carbocycles. The number of hydrogen-bond acceptors (Lipinski definition) is 2. The zero-order chi connectivity index (χ0) is 12.6. The maximum absolute atomic E-state index is 10.8. The van der Waals surface area contributed by atoms with Gasteiger partial charge in [-0.05, 0) is 51.9 Å². The minimum atomic E-state index is -0.678. The molecule has 2 saturated carbocycles. The van der Waals surface area contributed by atoms with Gasteiger partial charge in [-0.25, -0.2) is 0 Å². The molecule has 0 aromatic rings. The fourth-order valence-electron chi connectivity index (χ4n) is 3.81. The Morgan fingerprint density at radius 3 is 2.41 bits per heavy atom. The number of aliphatic carboxylic acids is 1. The van der Waals surface area contributed by atoms with Crippen LogP contribution in [-0.4, -0.2) is 34.1 Å². The van der Waals surface area contributed by atoms with Gasteiger partial charge in [0.25, 0.3) is 0 Å². The number of carboxylic acid groups (broad SMARTS) is 1. The lowest BCUT2D eigenvalue weighted by Crippen LogP contribution is -2.51. The third-order valence-electron chi connectivity index (χ3n) is 4.53. The summed E-state index contributed by atoms with van der Waals surface area (Å²) in [6.07, 6.45) is 5.70. The van der Waals surface area contributed by atoms with Crippen molar-refractivity contribution in [1.29, 1.82) is 0 Å². The normalized spacial score (nSPS) is 32.4. The lowest BCUT2D eigenvalue weighted by Gasteiger charge is -2.43. The molecule has 0 radical (unpaired) electrons. The van der Waals surface area contributed by atoms with Crippen LogP contribution in [0.3, 0.4) is 0 Å². The predicted octanol–water partition coefficient (Wildman–Crippen LogP) is 2.75. The summed E-state index contributed by atoms with van der Waals surface area (Å²) < 4.78 is 0. The molecular weight excluding hydrogens is 214 g/mol. The van der Waals surface area contributed by atoms with Gasteiger partial charge < -0.3 is 5.11 Å². The smallest absolute Gasteiger partial charge is 0.304 e. The van der Waals surface area contributed by atoms with Crippen molar-refractivity contribution in [3.05, 3.63) is 0 Å². The first-order valence-corrected chi connectivity index (χ1v) is 6.86. The minimum Gasteiger partial charge on any atom is -0.481 e. The Balaban J connectivity index is 2.03. The fraction of sp³-hybridized carbons (Fsp3) is 0.929. The quantitative estimate of drug-likeness (QED) is 0.820. The molecule has 2 rings (SSSR count). The van der Waals surface area contributed by atoms with Crippen LogP contribution in [0.5, 0.6) is 0 Å². The summed E-state index contributed by atoms with van der Waals surface area (Å²) in [5.41, 5.74) is 0.0879. The average molecular weight is 239 g/mol. The molecule has 98 valence electrons. The molecule has 3 heteroatoms. The summed E-state index contributed by atoms with van der Waals surface area (Å²) in [5.74, 6) is 1.06. The standard InChI is InChI=1S/C14H25NO2/c1-14(2,3)15(7-6-13(16)17)12-9-10-4-5-11(12)8-10/h10-12H,4-9H2,1-3H3,(H,16,17). The summed E-state index contributed by atoms with van der Waals surface area (Å²) in [4.78, 5) is 13.2. The van der Waals surface area contributed by atoms with Crippen molar-refractivity contribution < 1.29 is 9.90 Å². The monoisotopic (exact) mass is 239 g/mol. The highest BCUT2D eigenvalue weighted by Gasteiger charge is 2.44. The molecule has 0 aliphatic heterocycles. The highest BCUT2D eigenvalue weighted by molar-refractivity contribution is 5.66. The van der Waals surface area contributed by atoms with Crippen molar-refractivity contribution >= 4 is 5.97 Å². The van der Waals surface area contributed by atoms with Crippen LogP contribution in [0, 0.1) is 11.8 Å². The van der Waals surface area contributed by atoms with Gasteiger partial charge in [0, 0.05) is 18.1 Å². The van der Waals surface area contributed by atoms with E-state index in [1.54, 1.807) is 0 Å². The lowest BCUT2D eigenvalue weighted by molar-refractivity contribution is -0.137. The van der Waals surface area contributed by atoms with Crippen molar-refractivity contribution in [2.75, 3.05) is 6.54 Å². The van der Waals surface area contributed by atoms with Gasteiger partial charge >= 0.3 is 5.97 Å². The second-order valence-electron chi connectivity index (χ2n) is 6.75. The molecule has 3 nitrogen and oxygen atoms in total. The van der Waals surface area contributed by atoms with Crippen LogP contribution < -0.4 is 0 Å². The Morgan fingerprint density at radius 1 is 1.29 bits per heavy atom. The molecule has 0 spiro atoms. The van der Waals surface area contributed by atoms with Gasteiger partial charge in [0.2, 0.25) is 0 Å². The van der Waals surface area contributed by atoms with E-state index in [9.17, 15) is 4.79 Å². The highest BCUT2D eigenvalue weighted by atomic mass is 16.4. The summed E-state index contributed by atoms with van der Waals surface area (Å²) in [5, 5.41) is 8.88. The largest absolute Gasteiger partial charge is 0.481 e. The van der Waals surface area contributed by atoms with Gasteiger partial charge in [-0.15, -0.1) is 0 Å². The van der Waals surface area contributed by atoms with E-state index in [-0.39, 0.29) is 12.0 Å². The van der Waals surface area contributed by atoms with E-state index in [0.29, 0.717) is 12.6 Å². The maximum Gasteiger partial charge on any atom is 0.304 e. The minimum absolute atomic E-state index is 0.0879. The van der Waals surface area contributed by atoms with Crippen LogP contribution in [0.2, 0.25) is 0 Å². The van der Waals surface area contributed by atoms with Gasteiger partial charge in [0.05, 0.1) is 6.42 Å². The molecule has 0 aromatic heterocycles. The van der Waals surface area contributed by atoms with E-state index in [0.717, 1.165) is 11.8 Å². The van der Waals surface area contributed by atoms with E-state index in [1.165, 1.54) is 25.7 Å². The topological polar surface area (TPSA) is 40.5 Å². The third kappa shape index (κ3) is 2.82. The lowest BCUT2D eigenvalue weighted by atomic mass is 9.90. The number of nitrogens with zero attached hydrogens (tertiary/aromatic N) is 1. The number of carboxylic acids is 1. The Morgan fingerprint density at radius 2 is 2.00 bits per heavy atom. The van der Waals surface area contributed by atoms with Crippen LogP contribution in [-0.2, 0) is 4.79 Å². The van der Waals surface area contributed by atoms with Crippen LogP contribution >= 0.6 is 0 Å². The Bertz CT molecular complexity index is 295.